The molecule has 0 aliphatic heterocycles. The third-order valence-corrected chi connectivity index (χ3v) is 9.01. The number of hydrogen-bond donors (Lipinski definition) is 0. The molecule has 4 aliphatic carbocycles. The van der Waals surface area contributed by atoms with Crippen molar-refractivity contribution >= 4 is 11.9 Å². The van der Waals surface area contributed by atoms with Crippen molar-refractivity contribution in [1.82, 2.24) is 0 Å². The lowest BCUT2D eigenvalue weighted by atomic mass is 9.40. The summed E-state index contributed by atoms with van der Waals surface area (Å²) in [5, 5.41) is 0. The van der Waals surface area contributed by atoms with Crippen LogP contribution >= 0.6 is 0 Å². The highest BCUT2D eigenvalue weighted by Crippen LogP contribution is 2.72. The third kappa shape index (κ3) is 2.85. The summed E-state index contributed by atoms with van der Waals surface area (Å²) in [6.45, 7) is 10.7. The van der Waals surface area contributed by atoms with Crippen molar-refractivity contribution in [2.75, 3.05) is 6.61 Å². The lowest BCUT2D eigenvalue weighted by Crippen LogP contribution is -2.60. The van der Waals surface area contributed by atoms with Gasteiger partial charge in [-0.15, -0.1) is 0 Å². The predicted octanol–water partition coefficient (Wildman–Crippen LogP) is 5.06. The monoisotopic (exact) mass is 388 g/mol. The fourth-order valence-electron chi connectivity index (χ4n) is 7.99. The van der Waals surface area contributed by atoms with Gasteiger partial charge in [-0.05, 0) is 66.6 Å². The van der Waals surface area contributed by atoms with Gasteiger partial charge in [0, 0.05) is 13.8 Å². The van der Waals surface area contributed by atoms with Crippen molar-refractivity contribution in [3.8, 4) is 0 Å². The Morgan fingerprint density at radius 3 is 2.43 bits per heavy atom. The minimum Gasteiger partial charge on any atom is -0.465 e. The Labute approximate surface area is 169 Å². The topological polar surface area (TPSA) is 52.6 Å². The van der Waals surface area contributed by atoms with E-state index < -0.39 is 0 Å². The van der Waals surface area contributed by atoms with Crippen LogP contribution in [0.3, 0.4) is 0 Å². The fourth-order valence-corrected chi connectivity index (χ4v) is 7.99. The van der Waals surface area contributed by atoms with Crippen LogP contribution in [0.4, 0.5) is 0 Å². The second-order valence-electron chi connectivity index (χ2n) is 11.1. The highest BCUT2D eigenvalue weighted by atomic mass is 16.6. The van der Waals surface area contributed by atoms with Gasteiger partial charge in [-0.2, -0.15) is 0 Å². The number of fused-ring (bicyclic) bond motifs is 3. The van der Waals surface area contributed by atoms with E-state index in [1.807, 2.05) is 0 Å². The highest BCUT2D eigenvalue weighted by molar-refractivity contribution is 5.67. The van der Waals surface area contributed by atoms with Crippen LogP contribution in [0.25, 0.3) is 0 Å². The number of hydrogen-bond acceptors (Lipinski definition) is 4. The molecule has 0 unspecified atom stereocenters. The van der Waals surface area contributed by atoms with E-state index in [0.717, 1.165) is 18.8 Å². The quantitative estimate of drug-likeness (QED) is 0.501. The molecule has 0 saturated heterocycles. The molecule has 4 nitrogen and oxygen atoms in total. The molecular weight excluding hydrogens is 352 g/mol. The number of carbonyl (C=O) groups excluding carboxylic acids is 2. The van der Waals surface area contributed by atoms with Crippen molar-refractivity contribution in [2.45, 2.75) is 85.7 Å². The Hall–Kier alpha value is -1.32. The number of ether oxygens (including phenoxy) is 2. The van der Waals surface area contributed by atoms with Gasteiger partial charge in [0.15, 0.2) is 0 Å². The molecule has 1 spiro atoms. The van der Waals surface area contributed by atoms with Crippen LogP contribution in [0.15, 0.2) is 12.2 Å². The van der Waals surface area contributed by atoms with Gasteiger partial charge in [0.2, 0.25) is 0 Å². The predicted molar refractivity (Wildman–Crippen MR) is 107 cm³/mol. The van der Waals surface area contributed by atoms with Gasteiger partial charge in [0.25, 0.3) is 0 Å². The summed E-state index contributed by atoms with van der Waals surface area (Å²) in [7, 11) is 0. The van der Waals surface area contributed by atoms with Gasteiger partial charge in [0.05, 0.1) is 5.41 Å². The average molecular weight is 389 g/mol. The Morgan fingerprint density at radius 1 is 1.00 bits per heavy atom. The first-order valence-electron chi connectivity index (χ1n) is 11.0. The highest BCUT2D eigenvalue weighted by Gasteiger charge is 2.66. The standard InChI is InChI=1S/C24H36O4/c1-16(25)27-15-24-12-11-23(14-24)10-7-18-21(3,4)8-6-9-22(18,5)19(23)13-20(24)28-17(2)26/h11-12,18-20H,6-10,13-15H2,1-5H3/t18-,19+,20-,22-,23+,24-/m1/s1. The largest absolute Gasteiger partial charge is 0.465 e. The Kier molecular flexibility index (Phi) is 4.52. The molecule has 0 aromatic carbocycles. The zero-order valence-corrected chi connectivity index (χ0v) is 18.2. The molecule has 0 N–H and O–H groups in total. The first-order chi connectivity index (χ1) is 13.0. The summed E-state index contributed by atoms with van der Waals surface area (Å²) < 4.78 is 11.4. The van der Waals surface area contributed by atoms with Crippen LogP contribution in [0.5, 0.6) is 0 Å². The normalized spacial score (nSPS) is 45.7. The van der Waals surface area contributed by atoms with E-state index in [1.54, 1.807) is 0 Å². The molecule has 0 aromatic heterocycles. The third-order valence-electron chi connectivity index (χ3n) is 9.01. The second-order valence-corrected chi connectivity index (χ2v) is 11.1. The summed E-state index contributed by atoms with van der Waals surface area (Å²) in [4.78, 5) is 23.5. The van der Waals surface area contributed by atoms with Crippen molar-refractivity contribution in [2.24, 2.45) is 33.5 Å². The van der Waals surface area contributed by atoms with Crippen LogP contribution in [-0.4, -0.2) is 24.6 Å². The molecule has 0 radical (unpaired) electrons. The van der Waals surface area contributed by atoms with E-state index in [2.05, 4.69) is 32.9 Å². The van der Waals surface area contributed by atoms with Gasteiger partial charge in [-0.25, -0.2) is 0 Å². The van der Waals surface area contributed by atoms with E-state index in [0.29, 0.717) is 17.9 Å². The van der Waals surface area contributed by atoms with Gasteiger partial charge >= 0.3 is 11.9 Å². The SMILES string of the molecule is CC(=O)OC[C@]12C=C[C@@]3(CC[C@@H]4C(C)(C)CCC[C@@]4(C)[C@@H]3C[C@H]1OC(C)=O)C2. The van der Waals surface area contributed by atoms with Gasteiger partial charge in [0.1, 0.15) is 12.7 Å². The van der Waals surface area contributed by atoms with Crippen molar-refractivity contribution in [3.63, 3.8) is 0 Å². The summed E-state index contributed by atoms with van der Waals surface area (Å²) in [5.41, 5.74) is 0.456. The molecular formula is C24H36O4. The first kappa shape index (κ1) is 20.0. The molecule has 0 aromatic rings. The molecule has 6 atom stereocenters. The van der Waals surface area contributed by atoms with Crippen LogP contribution in [0.2, 0.25) is 0 Å². The molecule has 0 heterocycles. The van der Waals surface area contributed by atoms with Crippen LogP contribution < -0.4 is 0 Å². The van der Waals surface area contributed by atoms with Crippen molar-refractivity contribution in [3.05, 3.63) is 12.2 Å². The number of allylic oxidation sites excluding steroid dienone is 1. The minimum absolute atomic E-state index is 0.162. The lowest BCUT2D eigenvalue weighted by molar-refractivity contribution is -0.192. The van der Waals surface area contributed by atoms with Gasteiger partial charge in [-0.1, -0.05) is 39.3 Å². The summed E-state index contributed by atoms with van der Waals surface area (Å²) in [5.74, 6) is 0.739. The fraction of sp³-hybridized carbons (Fsp3) is 0.833. The molecule has 156 valence electrons. The van der Waals surface area contributed by atoms with Gasteiger partial charge < -0.3 is 9.47 Å². The molecule has 28 heavy (non-hydrogen) atoms. The summed E-state index contributed by atoms with van der Waals surface area (Å²) in [6.07, 6.45) is 12.6. The second kappa shape index (κ2) is 6.34. The van der Waals surface area contributed by atoms with E-state index in [4.69, 9.17) is 9.47 Å². The van der Waals surface area contributed by atoms with Crippen LogP contribution in [0, 0.1) is 33.5 Å². The molecule has 2 bridgehead atoms. The van der Waals surface area contributed by atoms with Crippen LogP contribution in [0.1, 0.15) is 79.6 Å². The zero-order valence-electron chi connectivity index (χ0n) is 18.2. The molecule has 3 fully saturated rings. The minimum atomic E-state index is -0.360. The number of esters is 2. The number of carbonyl (C=O) groups is 2. The molecule has 4 rings (SSSR count). The van der Waals surface area contributed by atoms with Crippen molar-refractivity contribution < 1.29 is 19.1 Å². The maximum Gasteiger partial charge on any atom is 0.302 e. The molecule has 4 aliphatic rings. The van der Waals surface area contributed by atoms with Crippen LogP contribution in [-0.2, 0) is 19.1 Å². The summed E-state index contributed by atoms with van der Waals surface area (Å²) >= 11 is 0. The van der Waals surface area contributed by atoms with E-state index in [9.17, 15) is 9.59 Å². The smallest absolute Gasteiger partial charge is 0.302 e. The van der Waals surface area contributed by atoms with E-state index in [1.165, 1.54) is 46.0 Å². The molecule has 0 amide bonds. The Morgan fingerprint density at radius 2 is 1.75 bits per heavy atom. The zero-order chi connectivity index (χ0) is 20.4. The first-order valence-corrected chi connectivity index (χ1v) is 11.0. The lowest BCUT2D eigenvalue weighted by Gasteiger charge is -2.65. The Balaban J connectivity index is 1.71. The molecule has 4 heteroatoms. The maximum absolute atomic E-state index is 11.9. The summed E-state index contributed by atoms with van der Waals surface area (Å²) in [6, 6.07) is 0. The molecule has 3 saturated carbocycles. The van der Waals surface area contributed by atoms with Gasteiger partial charge in [-0.3, -0.25) is 9.59 Å². The average Bonchev–Trinajstić information content (AvgIpc) is 2.89. The van der Waals surface area contributed by atoms with E-state index in [-0.39, 0.29) is 34.3 Å². The number of rotatable bonds is 3. The maximum atomic E-state index is 11.9. The van der Waals surface area contributed by atoms with E-state index >= 15 is 0 Å². The van der Waals surface area contributed by atoms with Crippen molar-refractivity contribution in [1.29, 1.82) is 0 Å². The Bertz CT molecular complexity index is 709.